The first kappa shape index (κ1) is 63.0. The molecule has 0 aromatic carbocycles. The van der Waals surface area contributed by atoms with Gasteiger partial charge in [0, 0.05) is 11.9 Å². The molecule has 0 rings (SSSR count). The van der Waals surface area contributed by atoms with Gasteiger partial charge in [-0.2, -0.15) is 0 Å². The van der Waals surface area contributed by atoms with Gasteiger partial charge in [0.05, 0.1) is 27.7 Å². The average Bonchev–Trinajstić information content (AvgIpc) is 2.68. The molecule has 0 spiro atoms. The predicted octanol–water partition coefficient (Wildman–Crippen LogP) is 7.52. The second-order valence-electron chi connectivity index (χ2n) is 21.5. The fourth-order valence-corrected chi connectivity index (χ4v) is 54.7. The van der Waals surface area contributed by atoms with E-state index in [2.05, 4.69) is 165 Å². The van der Waals surface area contributed by atoms with E-state index >= 15 is 0 Å². The lowest BCUT2D eigenvalue weighted by molar-refractivity contribution is -0.868. The van der Waals surface area contributed by atoms with Gasteiger partial charge in [-0.3, -0.25) is 0 Å². The lowest BCUT2D eigenvalue weighted by Crippen LogP contribution is -3.00. The Labute approximate surface area is 359 Å². The van der Waals surface area contributed by atoms with Crippen molar-refractivity contribution >= 4 is 96.2 Å². The van der Waals surface area contributed by atoms with Gasteiger partial charge in [-0.1, -0.05) is 0 Å². The molecule has 0 saturated carbocycles. The van der Waals surface area contributed by atoms with Crippen LogP contribution in [0.2, 0.25) is 156 Å². The smallest absolute Gasteiger partial charge is 0.314 e. The third kappa shape index (κ3) is 41.1. The summed E-state index contributed by atoms with van der Waals surface area (Å²) in [6.45, 7) is 48.9. The Hall–Kier alpha value is 2.35. The second-order valence-corrected chi connectivity index (χ2v) is 61.7. The molecule has 0 fully saturated rings. The average molecular weight is 985 g/mol. The van der Waals surface area contributed by atoms with Gasteiger partial charge in [-0.25, -0.2) is 0 Å². The van der Waals surface area contributed by atoms with Crippen molar-refractivity contribution in [2.45, 2.75) is 156 Å². The molecular formula is C32H92Cl2N2O8Si10. The molecule has 0 N–H and O–H groups in total. The zero-order chi connectivity index (χ0) is 43.6. The molecule has 0 aromatic rings. The van der Waals surface area contributed by atoms with Gasteiger partial charge in [0.15, 0.2) is 33.3 Å². The van der Waals surface area contributed by atoms with Crippen molar-refractivity contribution in [3.05, 3.63) is 0 Å². The van der Waals surface area contributed by atoms with Gasteiger partial charge >= 0.3 is 51.4 Å². The van der Waals surface area contributed by atoms with Crippen LogP contribution >= 0.6 is 11.6 Å². The van der Waals surface area contributed by atoms with E-state index in [4.69, 9.17) is 44.5 Å². The minimum absolute atomic E-state index is 0. The van der Waals surface area contributed by atoms with E-state index in [0.29, 0.717) is 5.88 Å². The van der Waals surface area contributed by atoms with Crippen LogP contribution in [0.15, 0.2) is 0 Å². The maximum atomic E-state index is 6.66. The Kier molecular flexibility index (Phi) is 27.5. The van der Waals surface area contributed by atoms with Gasteiger partial charge in [0.25, 0.3) is 0 Å². The van der Waals surface area contributed by atoms with E-state index < -0.39 is 84.6 Å². The Morgan fingerprint density at radius 3 is 0.796 bits per heavy atom. The first-order valence-corrected chi connectivity index (χ1v) is 49.7. The van der Waals surface area contributed by atoms with Crippen LogP contribution in [0.4, 0.5) is 0 Å². The topological polar surface area (TPSA) is 77.1 Å². The Morgan fingerprint density at radius 1 is 0.389 bits per heavy atom. The van der Waals surface area contributed by atoms with E-state index in [1.54, 1.807) is 0 Å². The molecule has 0 atom stereocenters. The van der Waals surface area contributed by atoms with Crippen LogP contribution in [-0.2, 0) is 32.9 Å². The predicted molar refractivity (Wildman–Crippen MR) is 258 cm³/mol. The molecule has 0 aliphatic heterocycles. The summed E-state index contributed by atoms with van der Waals surface area (Å²) in [4.78, 5) is 2.00. The highest BCUT2D eigenvalue weighted by atomic mass is 35.5. The number of halogens is 2. The Balaban J connectivity index is -0.000000416. The number of quaternary nitrogens is 1. The highest BCUT2D eigenvalue weighted by Crippen LogP contribution is 2.29. The Morgan fingerprint density at radius 2 is 0.593 bits per heavy atom. The highest BCUT2D eigenvalue weighted by Gasteiger charge is 2.46. The summed E-state index contributed by atoms with van der Waals surface area (Å²) in [7, 11) is -7.63. The number of hydrogen-bond acceptors (Lipinski definition) is 9. The van der Waals surface area contributed by atoms with Crippen LogP contribution in [0.1, 0.15) is 0 Å². The van der Waals surface area contributed by atoms with Crippen molar-refractivity contribution in [3.8, 4) is 0 Å². The zero-order valence-corrected chi connectivity index (χ0v) is 52.3. The van der Waals surface area contributed by atoms with Gasteiger partial charge in [0.2, 0.25) is 0 Å². The fraction of sp³-hybridized carbons (Fsp3) is 1.00. The number of hydrogen-bond donors (Lipinski definition) is 0. The Bertz CT molecular complexity index is 1050. The first-order chi connectivity index (χ1) is 22.7. The molecule has 332 valence electrons. The molecule has 0 radical (unpaired) electrons. The SMILES string of the molecule is CN(C)C.C[N+](C)(C)CC[Si](C)(C)O[Si](C)(C)O[Si](C)(C)O[Si](C)(C)O[Si](C)(C)C.C[Si](C)(C)O[Si](C)(C)O[Si](C)(C)O[Si](C)(C)O[Si](C)(C)CCCl.[Cl-]. The van der Waals surface area contributed by atoms with Crippen LogP contribution in [0, 0.1) is 0 Å². The second kappa shape index (κ2) is 23.5. The molecule has 0 amide bonds. The lowest BCUT2D eigenvalue weighted by Gasteiger charge is -2.42. The molecule has 10 nitrogen and oxygen atoms in total. The summed E-state index contributed by atoms with van der Waals surface area (Å²) in [5.41, 5.74) is 0. The standard InChI is InChI=1S/C16H46NO4Si5.C13H37ClO4Si5.C3H9N.ClH/c1-17(2,3)15-16-23(7,8)19-25(11,12)21-26(13,14)20-24(9,10)18-22(4,5)6;1-19(2,3)15-21(6,7)17-23(10,11)18-22(8,9)16-20(4,5)13-12-14;1-4(2)3;/h15-16H2,1-14H3;12-13H2,1-11H3;1-3H3;1H/q+1;;;/p-1. The van der Waals surface area contributed by atoms with Crippen molar-refractivity contribution in [1.29, 1.82) is 0 Å². The lowest BCUT2D eigenvalue weighted by atomic mass is 10.6. The van der Waals surface area contributed by atoms with Crippen molar-refractivity contribution < 1.29 is 49.8 Å². The largest absolute Gasteiger partial charge is 1.00 e. The molecule has 0 saturated heterocycles. The third-order valence-corrected chi connectivity index (χ3v) is 42.5. The molecule has 0 bridgehead atoms. The maximum Gasteiger partial charge on any atom is 0.314 e. The van der Waals surface area contributed by atoms with Gasteiger partial charge in [-0.15, -0.1) is 11.6 Å². The van der Waals surface area contributed by atoms with E-state index in [1.165, 1.54) is 0 Å². The van der Waals surface area contributed by atoms with Crippen molar-refractivity contribution in [2.24, 2.45) is 0 Å². The van der Waals surface area contributed by atoms with Crippen LogP contribution < -0.4 is 12.4 Å². The van der Waals surface area contributed by atoms with Crippen molar-refractivity contribution in [3.63, 3.8) is 0 Å². The number of alkyl halides is 1. The highest BCUT2D eigenvalue weighted by molar-refractivity contribution is 6.91. The molecule has 0 aliphatic carbocycles. The first-order valence-electron chi connectivity index (χ1n) is 19.2. The van der Waals surface area contributed by atoms with Crippen LogP contribution in [0.25, 0.3) is 0 Å². The van der Waals surface area contributed by atoms with Gasteiger partial charge < -0.3 is 54.7 Å². The summed E-state index contributed by atoms with van der Waals surface area (Å²) in [6.07, 6.45) is 0. The van der Waals surface area contributed by atoms with Crippen LogP contribution in [0.5, 0.6) is 0 Å². The van der Waals surface area contributed by atoms with Gasteiger partial charge in [0.1, 0.15) is 0 Å². The van der Waals surface area contributed by atoms with E-state index in [-0.39, 0.29) is 12.4 Å². The van der Waals surface area contributed by atoms with Gasteiger partial charge in [-0.05, 0) is 171 Å². The molecule has 0 aliphatic rings. The minimum atomic E-state index is -2.32. The maximum absolute atomic E-state index is 6.66. The zero-order valence-electron chi connectivity index (χ0n) is 40.7. The number of nitrogens with zero attached hydrogens (tertiary/aromatic N) is 2. The quantitative estimate of drug-likeness (QED) is 0.0660. The molecule has 0 unspecified atom stereocenters. The van der Waals surface area contributed by atoms with E-state index in [9.17, 15) is 0 Å². The van der Waals surface area contributed by atoms with E-state index in [1.807, 2.05) is 26.0 Å². The van der Waals surface area contributed by atoms with Crippen molar-refractivity contribution in [1.82, 2.24) is 4.90 Å². The summed E-state index contributed by atoms with van der Waals surface area (Å²) < 4.78 is 52.6. The normalized spacial score (nSPS) is 14.6. The van der Waals surface area contributed by atoms with Crippen LogP contribution in [0.3, 0.4) is 0 Å². The van der Waals surface area contributed by atoms with Crippen molar-refractivity contribution in [2.75, 3.05) is 54.7 Å². The summed E-state index contributed by atoms with van der Waals surface area (Å²) >= 11 is 5.90. The van der Waals surface area contributed by atoms with Crippen LogP contribution in [-0.4, -0.2) is 149 Å². The minimum Gasteiger partial charge on any atom is -1.00 e. The summed E-state index contributed by atoms with van der Waals surface area (Å²) in [5.74, 6) is 0.644. The summed E-state index contributed by atoms with van der Waals surface area (Å²) in [5, 5.41) is 0. The monoisotopic (exact) mass is 982 g/mol. The van der Waals surface area contributed by atoms with E-state index in [0.717, 1.165) is 23.1 Å². The molecule has 0 aromatic heterocycles. The summed E-state index contributed by atoms with van der Waals surface area (Å²) in [6, 6.07) is 2.08. The third-order valence-electron chi connectivity index (χ3n) is 6.20. The molecule has 54 heavy (non-hydrogen) atoms. The fourth-order valence-electron chi connectivity index (χ4n) is 6.23. The molecule has 0 heterocycles. The molecule has 22 heteroatoms. The number of rotatable bonds is 21. The molecular weight excluding hydrogens is 892 g/mol.